The second-order valence-electron chi connectivity index (χ2n) is 5.60. The number of hydrogen-bond acceptors (Lipinski definition) is 2. The van der Waals surface area contributed by atoms with Crippen LogP contribution in [0.25, 0.3) is 0 Å². The molecule has 1 heterocycles. The molecular weight excluding hydrogens is 252 g/mol. The fraction of sp³-hybridized carbons (Fsp3) is 0.692. The number of halogens is 1. The standard InChI is InChI=1S/C13H17ClN2O2/c1-2-9-10(14)15-12(18)16(11(9)17)7-13(5-6-13)8-3-4-8/h8H,2-7H2,1H3,(H,15,18). The van der Waals surface area contributed by atoms with Gasteiger partial charge >= 0.3 is 5.69 Å². The molecule has 0 bridgehead atoms. The van der Waals surface area contributed by atoms with Gasteiger partial charge in [0.1, 0.15) is 5.15 Å². The van der Waals surface area contributed by atoms with Crippen LogP contribution in [0.3, 0.4) is 0 Å². The largest absolute Gasteiger partial charge is 0.329 e. The molecule has 0 saturated heterocycles. The SMILES string of the molecule is CCc1c(Cl)[nH]c(=O)n(CC2(C3CC3)CC2)c1=O. The number of rotatable bonds is 4. The van der Waals surface area contributed by atoms with Crippen LogP contribution >= 0.6 is 11.6 Å². The van der Waals surface area contributed by atoms with Crippen molar-refractivity contribution in [1.29, 1.82) is 0 Å². The molecule has 5 heteroatoms. The quantitative estimate of drug-likeness (QED) is 0.849. The lowest BCUT2D eigenvalue weighted by atomic mass is 10.0. The van der Waals surface area contributed by atoms with Crippen molar-refractivity contribution in [2.24, 2.45) is 11.3 Å². The van der Waals surface area contributed by atoms with Gasteiger partial charge in [0.05, 0.1) is 5.56 Å². The molecule has 98 valence electrons. The highest BCUT2D eigenvalue weighted by atomic mass is 35.5. The van der Waals surface area contributed by atoms with Crippen LogP contribution in [-0.4, -0.2) is 9.55 Å². The number of nitrogens with one attached hydrogen (secondary N) is 1. The summed E-state index contributed by atoms with van der Waals surface area (Å²) in [6, 6.07) is 0. The van der Waals surface area contributed by atoms with Crippen LogP contribution in [0.2, 0.25) is 5.15 Å². The third kappa shape index (κ3) is 1.83. The molecule has 0 amide bonds. The fourth-order valence-corrected chi connectivity index (χ4v) is 3.20. The zero-order valence-electron chi connectivity index (χ0n) is 10.5. The molecule has 0 spiro atoms. The summed E-state index contributed by atoms with van der Waals surface area (Å²) >= 11 is 5.90. The lowest BCUT2D eigenvalue weighted by molar-refractivity contribution is 0.355. The van der Waals surface area contributed by atoms with Gasteiger partial charge in [-0.05, 0) is 43.4 Å². The summed E-state index contributed by atoms with van der Waals surface area (Å²) in [4.78, 5) is 26.7. The van der Waals surface area contributed by atoms with E-state index in [1.807, 2.05) is 6.92 Å². The Bertz CT molecular complexity index is 594. The monoisotopic (exact) mass is 268 g/mol. The van der Waals surface area contributed by atoms with Crippen molar-refractivity contribution in [1.82, 2.24) is 9.55 Å². The van der Waals surface area contributed by atoms with Gasteiger partial charge in [0, 0.05) is 6.54 Å². The van der Waals surface area contributed by atoms with E-state index in [-0.39, 0.29) is 21.8 Å². The summed E-state index contributed by atoms with van der Waals surface area (Å²) in [6.07, 6.45) is 5.34. The maximum atomic E-state index is 12.2. The van der Waals surface area contributed by atoms with Crippen LogP contribution in [0.1, 0.15) is 38.2 Å². The summed E-state index contributed by atoms with van der Waals surface area (Å²) in [5, 5.41) is 0.194. The van der Waals surface area contributed by atoms with E-state index in [4.69, 9.17) is 11.6 Å². The third-order valence-electron chi connectivity index (χ3n) is 4.39. The number of H-pyrrole nitrogens is 1. The third-order valence-corrected chi connectivity index (χ3v) is 4.71. The van der Waals surface area contributed by atoms with E-state index in [9.17, 15) is 9.59 Å². The van der Waals surface area contributed by atoms with Gasteiger partial charge in [0.2, 0.25) is 0 Å². The highest BCUT2D eigenvalue weighted by Crippen LogP contribution is 2.61. The van der Waals surface area contributed by atoms with E-state index < -0.39 is 0 Å². The second kappa shape index (κ2) is 3.98. The molecule has 0 aliphatic heterocycles. The van der Waals surface area contributed by atoms with Crippen molar-refractivity contribution in [2.75, 3.05) is 0 Å². The topological polar surface area (TPSA) is 54.9 Å². The lowest BCUT2D eigenvalue weighted by Gasteiger charge is -2.16. The Morgan fingerprint density at radius 2 is 2.06 bits per heavy atom. The highest BCUT2D eigenvalue weighted by molar-refractivity contribution is 6.30. The zero-order valence-corrected chi connectivity index (χ0v) is 11.2. The zero-order chi connectivity index (χ0) is 12.9. The second-order valence-corrected chi connectivity index (χ2v) is 5.98. The first kappa shape index (κ1) is 12.0. The highest BCUT2D eigenvalue weighted by Gasteiger charge is 2.54. The number of aromatic nitrogens is 2. The van der Waals surface area contributed by atoms with Crippen LogP contribution in [0.4, 0.5) is 0 Å². The molecule has 0 radical (unpaired) electrons. The Labute approximate surface area is 110 Å². The number of hydrogen-bond donors (Lipinski definition) is 1. The van der Waals surface area contributed by atoms with Crippen LogP contribution in [0.15, 0.2) is 9.59 Å². The molecule has 18 heavy (non-hydrogen) atoms. The van der Waals surface area contributed by atoms with Gasteiger partial charge in [-0.15, -0.1) is 0 Å². The van der Waals surface area contributed by atoms with E-state index in [0.29, 0.717) is 18.5 Å². The fourth-order valence-electron chi connectivity index (χ4n) is 2.90. The molecule has 0 atom stereocenters. The summed E-state index contributed by atoms with van der Waals surface area (Å²) in [6.45, 7) is 2.44. The predicted octanol–water partition coefficient (Wildman–Crippen LogP) is 1.94. The maximum Gasteiger partial charge on any atom is 0.329 e. The first-order chi connectivity index (χ1) is 8.57. The molecule has 2 saturated carbocycles. The van der Waals surface area contributed by atoms with Crippen LogP contribution < -0.4 is 11.2 Å². The minimum atomic E-state index is -0.367. The van der Waals surface area contributed by atoms with Crippen molar-refractivity contribution in [2.45, 2.75) is 45.6 Å². The van der Waals surface area contributed by atoms with E-state index in [0.717, 1.165) is 18.8 Å². The van der Waals surface area contributed by atoms with Gasteiger partial charge in [-0.2, -0.15) is 0 Å². The lowest BCUT2D eigenvalue weighted by Crippen LogP contribution is -2.39. The van der Waals surface area contributed by atoms with E-state index in [1.54, 1.807) is 0 Å². The molecule has 2 fully saturated rings. The van der Waals surface area contributed by atoms with E-state index in [2.05, 4.69) is 4.98 Å². The summed E-state index contributed by atoms with van der Waals surface area (Å²) in [5.41, 5.74) is 0.172. The minimum Gasteiger partial charge on any atom is -0.297 e. The molecule has 0 aromatic carbocycles. The Morgan fingerprint density at radius 3 is 2.56 bits per heavy atom. The molecule has 0 unspecified atom stereocenters. The van der Waals surface area contributed by atoms with Gasteiger partial charge < -0.3 is 0 Å². The molecular formula is C13H17ClN2O2. The van der Waals surface area contributed by atoms with Gasteiger partial charge in [-0.25, -0.2) is 4.79 Å². The summed E-state index contributed by atoms with van der Waals surface area (Å²) in [5.74, 6) is 0.726. The number of aromatic amines is 1. The van der Waals surface area contributed by atoms with Gasteiger partial charge in [-0.1, -0.05) is 18.5 Å². The van der Waals surface area contributed by atoms with Gasteiger partial charge in [-0.3, -0.25) is 14.3 Å². The van der Waals surface area contributed by atoms with Gasteiger partial charge in [0.25, 0.3) is 5.56 Å². The van der Waals surface area contributed by atoms with Crippen molar-refractivity contribution >= 4 is 11.6 Å². The van der Waals surface area contributed by atoms with Crippen LogP contribution in [0.5, 0.6) is 0 Å². The summed E-state index contributed by atoms with van der Waals surface area (Å²) in [7, 11) is 0. The van der Waals surface area contributed by atoms with E-state index in [1.165, 1.54) is 17.4 Å². The molecule has 2 aliphatic carbocycles. The van der Waals surface area contributed by atoms with Crippen molar-refractivity contribution in [3.63, 3.8) is 0 Å². The average Bonchev–Trinajstić information content (AvgIpc) is 3.16. The van der Waals surface area contributed by atoms with E-state index >= 15 is 0 Å². The van der Waals surface area contributed by atoms with Crippen molar-refractivity contribution in [3.8, 4) is 0 Å². The molecule has 1 aromatic heterocycles. The number of nitrogens with zero attached hydrogens (tertiary/aromatic N) is 1. The smallest absolute Gasteiger partial charge is 0.297 e. The molecule has 3 rings (SSSR count). The van der Waals surface area contributed by atoms with Crippen molar-refractivity contribution < 1.29 is 0 Å². The molecule has 1 N–H and O–H groups in total. The Balaban J connectivity index is 2.01. The first-order valence-electron chi connectivity index (χ1n) is 6.59. The first-order valence-corrected chi connectivity index (χ1v) is 6.97. The minimum absolute atomic E-state index is 0.194. The molecule has 2 aliphatic rings. The Hall–Kier alpha value is -1.03. The maximum absolute atomic E-state index is 12.2. The van der Waals surface area contributed by atoms with Crippen LogP contribution in [0, 0.1) is 11.3 Å². The predicted molar refractivity (Wildman–Crippen MR) is 70.1 cm³/mol. The van der Waals surface area contributed by atoms with Gasteiger partial charge in [0.15, 0.2) is 0 Å². The normalized spacial score (nSPS) is 21.0. The molecule has 4 nitrogen and oxygen atoms in total. The van der Waals surface area contributed by atoms with Crippen molar-refractivity contribution in [3.05, 3.63) is 31.6 Å². The Morgan fingerprint density at radius 1 is 1.39 bits per heavy atom. The van der Waals surface area contributed by atoms with Crippen LogP contribution in [-0.2, 0) is 13.0 Å². The summed E-state index contributed by atoms with van der Waals surface area (Å²) < 4.78 is 1.36. The Kier molecular flexibility index (Phi) is 2.66. The molecule has 1 aromatic rings. The average molecular weight is 269 g/mol.